The third kappa shape index (κ3) is 4.22. The van der Waals surface area contributed by atoms with Crippen molar-refractivity contribution < 1.29 is 39.1 Å². The van der Waals surface area contributed by atoms with E-state index in [9.17, 15) is 24.9 Å². The van der Waals surface area contributed by atoms with Crippen LogP contribution in [-0.2, 0) is 23.8 Å². The van der Waals surface area contributed by atoms with E-state index < -0.39 is 42.5 Å². The quantitative estimate of drug-likeness (QED) is 0.657. The van der Waals surface area contributed by atoms with Crippen LogP contribution in [0.1, 0.15) is 25.5 Å². The zero-order valence-electron chi connectivity index (χ0n) is 13.3. The fourth-order valence-electron chi connectivity index (χ4n) is 2.59. The Morgan fingerprint density at radius 2 is 1.88 bits per heavy atom. The van der Waals surface area contributed by atoms with Gasteiger partial charge in [-0.2, -0.15) is 0 Å². The van der Waals surface area contributed by atoms with Gasteiger partial charge in [-0.3, -0.25) is 9.59 Å². The van der Waals surface area contributed by atoms with Crippen LogP contribution >= 0.6 is 0 Å². The first-order valence-corrected chi connectivity index (χ1v) is 7.40. The molecule has 1 aliphatic heterocycles. The first-order chi connectivity index (χ1) is 11.3. The molecule has 1 heterocycles. The number of aliphatic hydroxyl groups is 2. The molecule has 0 radical (unpaired) electrons. The number of phenols is 1. The van der Waals surface area contributed by atoms with Crippen molar-refractivity contribution in [1.29, 1.82) is 0 Å². The van der Waals surface area contributed by atoms with Gasteiger partial charge >= 0.3 is 11.9 Å². The maximum Gasteiger partial charge on any atom is 0.303 e. The fourth-order valence-corrected chi connectivity index (χ4v) is 2.59. The molecule has 24 heavy (non-hydrogen) atoms. The lowest BCUT2D eigenvalue weighted by Crippen LogP contribution is -2.57. The van der Waals surface area contributed by atoms with Gasteiger partial charge in [0.2, 0.25) is 0 Å². The highest BCUT2D eigenvalue weighted by Gasteiger charge is 2.47. The van der Waals surface area contributed by atoms with Gasteiger partial charge in [-0.25, -0.2) is 0 Å². The summed E-state index contributed by atoms with van der Waals surface area (Å²) >= 11 is 0. The van der Waals surface area contributed by atoms with Gasteiger partial charge in [-0.1, -0.05) is 12.1 Å². The van der Waals surface area contributed by atoms with E-state index in [-0.39, 0.29) is 12.4 Å². The molecule has 0 bridgehead atoms. The van der Waals surface area contributed by atoms with Crippen LogP contribution in [0.2, 0.25) is 0 Å². The highest BCUT2D eigenvalue weighted by atomic mass is 16.6. The van der Waals surface area contributed by atoms with Crippen molar-refractivity contribution in [2.75, 3.05) is 6.61 Å². The number of aliphatic hydroxyl groups excluding tert-OH is 2. The Morgan fingerprint density at radius 3 is 2.46 bits per heavy atom. The average molecular weight is 340 g/mol. The molecular weight excluding hydrogens is 320 g/mol. The van der Waals surface area contributed by atoms with Crippen molar-refractivity contribution in [2.24, 2.45) is 0 Å². The minimum Gasteiger partial charge on any atom is -0.508 e. The molecule has 1 unspecified atom stereocenters. The molecule has 1 saturated heterocycles. The number of hydrogen-bond donors (Lipinski definition) is 3. The second-order valence-electron chi connectivity index (χ2n) is 5.55. The number of benzene rings is 1. The topological polar surface area (TPSA) is 123 Å². The van der Waals surface area contributed by atoms with E-state index in [0.717, 1.165) is 6.92 Å². The molecule has 0 amide bonds. The van der Waals surface area contributed by atoms with Crippen molar-refractivity contribution in [3.05, 3.63) is 29.8 Å². The SMILES string of the molecule is CC(=O)OC[C@H]1OC(c2cccc(O)c2)[C@@H](O)[C@@H](O)[C@@H]1OC(C)=O. The second kappa shape index (κ2) is 7.61. The summed E-state index contributed by atoms with van der Waals surface area (Å²) in [6.45, 7) is 2.11. The van der Waals surface area contributed by atoms with E-state index in [4.69, 9.17) is 14.2 Å². The summed E-state index contributed by atoms with van der Waals surface area (Å²) in [4.78, 5) is 22.3. The smallest absolute Gasteiger partial charge is 0.303 e. The van der Waals surface area contributed by atoms with Crippen LogP contribution in [0.3, 0.4) is 0 Å². The van der Waals surface area contributed by atoms with Crippen LogP contribution < -0.4 is 0 Å². The lowest BCUT2D eigenvalue weighted by Gasteiger charge is -2.42. The van der Waals surface area contributed by atoms with E-state index in [1.54, 1.807) is 12.1 Å². The molecule has 0 aliphatic carbocycles. The molecule has 1 aromatic rings. The van der Waals surface area contributed by atoms with E-state index in [1.165, 1.54) is 19.1 Å². The third-order valence-corrected chi connectivity index (χ3v) is 3.64. The highest BCUT2D eigenvalue weighted by Crippen LogP contribution is 2.34. The summed E-state index contributed by atoms with van der Waals surface area (Å²) in [6.07, 6.45) is -5.99. The van der Waals surface area contributed by atoms with E-state index in [0.29, 0.717) is 5.56 Å². The first-order valence-electron chi connectivity index (χ1n) is 7.40. The van der Waals surface area contributed by atoms with Gasteiger partial charge in [0.05, 0.1) is 0 Å². The Labute approximate surface area is 138 Å². The fraction of sp³-hybridized carbons (Fsp3) is 0.500. The van der Waals surface area contributed by atoms with Crippen molar-refractivity contribution in [2.45, 2.75) is 44.4 Å². The summed E-state index contributed by atoms with van der Waals surface area (Å²) in [7, 11) is 0. The van der Waals surface area contributed by atoms with Gasteiger partial charge in [0, 0.05) is 13.8 Å². The maximum atomic E-state index is 11.2. The summed E-state index contributed by atoms with van der Waals surface area (Å²) in [5, 5.41) is 30.2. The van der Waals surface area contributed by atoms with E-state index in [1.807, 2.05) is 0 Å². The molecule has 0 saturated carbocycles. The van der Waals surface area contributed by atoms with Crippen LogP contribution in [0, 0.1) is 0 Å². The molecule has 0 aromatic heterocycles. The Kier molecular flexibility index (Phi) is 5.76. The number of carbonyl (C=O) groups is 2. The molecule has 1 aromatic carbocycles. The van der Waals surface area contributed by atoms with Crippen LogP contribution in [0.4, 0.5) is 0 Å². The van der Waals surface area contributed by atoms with Crippen molar-refractivity contribution in [1.82, 2.24) is 0 Å². The standard InChI is InChI=1S/C16H20O8/c1-8(17)22-7-12-16(23-9(2)18)14(21)13(20)15(24-12)10-4-3-5-11(19)6-10/h3-6,12-16,19-21H,7H2,1-2H3/t12-,13+,14-,15?,16-/m1/s1. The lowest BCUT2D eigenvalue weighted by molar-refractivity contribution is -0.242. The van der Waals surface area contributed by atoms with Crippen molar-refractivity contribution in [3.8, 4) is 5.75 Å². The summed E-state index contributed by atoms with van der Waals surface area (Å²) in [5.41, 5.74) is 0.427. The van der Waals surface area contributed by atoms with Gasteiger partial charge in [-0.15, -0.1) is 0 Å². The Hall–Kier alpha value is -2.16. The van der Waals surface area contributed by atoms with Gasteiger partial charge < -0.3 is 29.5 Å². The van der Waals surface area contributed by atoms with Crippen LogP contribution in [0.5, 0.6) is 5.75 Å². The second-order valence-corrected chi connectivity index (χ2v) is 5.55. The van der Waals surface area contributed by atoms with Crippen LogP contribution in [-0.4, -0.2) is 58.3 Å². The molecular formula is C16H20O8. The van der Waals surface area contributed by atoms with Crippen LogP contribution in [0.15, 0.2) is 24.3 Å². The number of esters is 2. The van der Waals surface area contributed by atoms with Gasteiger partial charge in [0.15, 0.2) is 6.10 Å². The number of rotatable bonds is 4. The number of carbonyl (C=O) groups excluding carboxylic acids is 2. The summed E-state index contributed by atoms with van der Waals surface area (Å²) in [5.74, 6) is -1.26. The highest BCUT2D eigenvalue weighted by molar-refractivity contribution is 5.66. The van der Waals surface area contributed by atoms with Crippen molar-refractivity contribution >= 4 is 11.9 Å². The minimum absolute atomic E-state index is 0.0311. The van der Waals surface area contributed by atoms with Gasteiger partial charge in [0.1, 0.15) is 36.8 Å². The van der Waals surface area contributed by atoms with Gasteiger partial charge in [0.25, 0.3) is 0 Å². The maximum absolute atomic E-state index is 11.2. The predicted molar refractivity (Wildman–Crippen MR) is 79.9 cm³/mol. The zero-order chi connectivity index (χ0) is 17.9. The molecule has 3 N–H and O–H groups in total. The number of hydrogen-bond acceptors (Lipinski definition) is 8. The van der Waals surface area contributed by atoms with Crippen molar-refractivity contribution in [3.63, 3.8) is 0 Å². The first kappa shape index (κ1) is 18.2. The number of aromatic hydroxyl groups is 1. The molecule has 1 fully saturated rings. The Morgan fingerprint density at radius 1 is 1.17 bits per heavy atom. The van der Waals surface area contributed by atoms with Crippen LogP contribution in [0.25, 0.3) is 0 Å². The molecule has 8 nitrogen and oxygen atoms in total. The third-order valence-electron chi connectivity index (χ3n) is 3.64. The number of ether oxygens (including phenoxy) is 3. The Bertz CT molecular complexity index is 601. The Balaban J connectivity index is 2.26. The molecule has 8 heteroatoms. The molecule has 132 valence electrons. The normalized spacial score (nSPS) is 29.8. The largest absolute Gasteiger partial charge is 0.508 e. The van der Waals surface area contributed by atoms with E-state index >= 15 is 0 Å². The molecule has 1 aliphatic rings. The summed E-state index contributed by atoms with van der Waals surface area (Å²) < 4.78 is 15.6. The molecule has 5 atom stereocenters. The monoisotopic (exact) mass is 340 g/mol. The molecule has 0 spiro atoms. The lowest BCUT2D eigenvalue weighted by atomic mass is 9.91. The average Bonchev–Trinajstić information content (AvgIpc) is 2.50. The zero-order valence-corrected chi connectivity index (χ0v) is 13.3. The molecule has 2 rings (SSSR count). The summed E-state index contributed by atoms with van der Waals surface area (Å²) in [6, 6.07) is 6.00. The van der Waals surface area contributed by atoms with E-state index in [2.05, 4.69) is 0 Å². The minimum atomic E-state index is -1.45. The van der Waals surface area contributed by atoms with Gasteiger partial charge in [-0.05, 0) is 17.7 Å². The number of phenolic OH excluding ortho intramolecular Hbond substituents is 1. The predicted octanol–water partition coefficient (Wildman–Crippen LogP) is 0.0487.